The van der Waals surface area contributed by atoms with Gasteiger partial charge in [-0.1, -0.05) is 0 Å². The fourth-order valence-electron chi connectivity index (χ4n) is 2.85. The Morgan fingerprint density at radius 2 is 1.84 bits per heavy atom. The molecule has 0 aliphatic heterocycles. The normalized spacial score (nSPS) is 11.7. The van der Waals surface area contributed by atoms with E-state index in [2.05, 4.69) is 30.6 Å². The van der Waals surface area contributed by atoms with Crippen LogP contribution in [-0.4, -0.2) is 54.0 Å². The number of nitrogens with zero attached hydrogens (tertiary/aromatic N) is 3. The molecule has 0 bridgehead atoms. The summed E-state index contributed by atoms with van der Waals surface area (Å²) in [5.74, 6) is -2.63. The lowest BCUT2D eigenvalue weighted by Crippen LogP contribution is -2.41. The van der Waals surface area contributed by atoms with Crippen molar-refractivity contribution in [1.29, 1.82) is 0 Å². The highest BCUT2D eigenvalue weighted by Crippen LogP contribution is 2.12. The van der Waals surface area contributed by atoms with Crippen molar-refractivity contribution in [1.82, 2.24) is 25.3 Å². The van der Waals surface area contributed by atoms with E-state index in [0.29, 0.717) is 17.2 Å². The van der Waals surface area contributed by atoms with Gasteiger partial charge in [0.1, 0.15) is 11.9 Å². The SMILES string of the molecule is Cc1nc2ncc(CNc3ccc(C(=O)NC(CCC(=O)O)C(=O)O)cc3)nc2c(=O)[nH]1. The maximum Gasteiger partial charge on any atom is 0.326 e. The quantitative estimate of drug-likeness (QED) is 0.316. The number of aromatic nitrogens is 4. The number of carboxylic acids is 2. The number of aromatic amines is 1. The lowest BCUT2D eigenvalue weighted by molar-refractivity contribution is -0.140. The van der Waals surface area contributed by atoms with Crippen LogP contribution in [0.4, 0.5) is 5.69 Å². The summed E-state index contributed by atoms with van der Waals surface area (Å²) >= 11 is 0. The molecule has 0 radical (unpaired) electrons. The number of aryl methyl sites for hydroxylation is 1. The summed E-state index contributed by atoms with van der Waals surface area (Å²) in [4.78, 5) is 61.2. The molecule has 3 aromatic rings. The van der Waals surface area contributed by atoms with Gasteiger partial charge in [0.25, 0.3) is 11.5 Å². The molecular weight excluding hydrogens is 420 g/mol. The van der Waals surface area contributed by atoms with Gasteiger partial charge in [0.05, 0.1) is 18.4 Å². The predicted octanol–water partition coefficient (Wildman–Crippen LogP) is 0.681. The Morgan fingerprint density at radius 3 is 2.50 bits per heavy atom. The van der Waals surface area contributed by atoms with Crippen LogP contribution >= 0.6 is 0 Å². The highest BCUT2D eigenvalue weighted by Gasteiger charge is 2.21. The van der Waals surface area contributed by atoms with Crippen LogP contribution < -0.4 is 16.2 Å². The highest BCUT2D eigenvalue weighted by molar-refractivity contribution is 5.96. The number of rotatable bonds is 9. The second kappa shape index (κ2) is 9.64. The second-order valence-electron chi connectivity index (χ2n) is 6.91. The van der Waals surface area contributed by atoms with Crippen LogP contribution in [0.5, 0.6) is 0 Å². The Balaban J connectivity index is 1.62. The van der Waals surface area contributed by atoms with Gasteiger partial charge >= 0.3 is 11.9 Å². The van der Waals surface area contributed by atoms with Gasteiger partial charge in [0.2, 0.25) is 0 Å². The molecule has 2 heterocycles. The minimum atomic E-state index is -1.31. The number of hydrogen-bond acceptors (Lipinski definition) is 8. The van der Waals surface area contributed by atoms with Crippen molar-refractivity contribution < 1.29 is 24.6 Å². The lowest BCUT2D eigenvalue weighted by atomic mass is 10.1. The first kappa shape index (κ1) is 22.3. The third-order valence-electron chi connectivity index (χ3n) is 4.46. The Labute approximate surface area is 180 Å². The van der Waals surface area contributed by atoms with Crippen molar-refractivity contribution in [3.8, 4) is 0 Å². The molecular formula is C20H20N6O6. The minimum Gasteiger partial charge on any atom is -0.481 e. The van der Waals surface area contributed by atoms with E-state index in [0.717, 1.165) is 0 Å². The van der Waals surface area contributed by atoms with Gasteiger partial charge in [-0.2, -0.15) is 0 Å². The summed E-state index contributed by atoms with van der Waals surface area (Å²) in [6.45, 7) is 1.91. The van der Waals surface area contributed by atoms with Gasteiger partial charge < -0.3 is 25.8 Å². The molecule has 12 nitrogen and oxygen atoms in total. The van der Waals surface area contributed by atoms with E-state index >= 15 is 0 Å². The third-order valence-corrected chi connectivity index (χ3v) is 4.46. The van der Waals surface area contributed by atoms with Crippen LogP contribution in [0.2, 0.25) is 0 Å². The Bertz CT molecular complexity index is 1220. The van der Waals surface area contributed by atoms with E-state index in [1.807, 2.05) is 0 Å². The average molecular weight is 440 g/mol. The monoisotopic (exact) mass is 440 g/mol. The van der Waals surface area contributed by atoms with Crippen LogP contribution in [0, 0.1) is 6.92 Å². The number of carbonyl (C=O) groups excluding carboxylic acids is 1. The summed E-state index contributed by atoms with van der Waals surface area (Å²) in [6, 6.07) is 4.93. The highest BCUT2D eigenvalue weighted by atomic mass is 16.4. The first-order chi connectivity index (χ1) is 15.2. The molecule has 5 N–H and O–H groups in total. The molecule has 0 aliphatic rings. The van der Waals surface area contributed by atoms with Crippen molar-refractivity contribution in [3.05, 3.63) is 57.9 Å². The standard InChI is InChI=1S/C20H20N6O6/c1-10-23-17-16(19(30)24-10)25-13(9-22-17)8-21-12-4-2-11(3-5-12)18(29)26-14(20(31)32)6-7-15(27)28/h2-5,9,14,21H,6-8H2,1H3,(H,26,29)(H,27,28)(H,31,32)(H,22,23,24,30). The predicted molar refractivity (Wildman–Crippen MR) is 112 cm³/mol. The first-order valence-corrected chi connectivity index (χ1v) is 9.55. The molecule has 3 rings (SSSR count). The van der Waals surface area contributed by atoms with Crippen LogP contribution in [0.15, 0.2) is 35.3 Å². The third kappa shape index (κ3) is 5.62. The first-order valence-electron chi connectivity index (χ1n) is 9.55. The lowest BCUT2D eigenvalue weighted by Gasteiger charge is -2.14. The topological polar surface area (TPSA) is 187 Å². The van der Waals surface area contributed by atoms with E-state index in [-0.39, 0.29) is 41.7 Å². The summed E-state index contributed by atoms with van der Waals surface area (Å²) in [7, 11) is 0. The van der Waals surface area contributed by atoms with Crippen molar-refractivity contribution in [2.45, 2.75) is 32.4 Å². The molecule has 1 amide bonds. The number of H-pyrrole nitrogens is 1. The number of hydrogen-bond donors (Lipinski definition) is 5. The number of fused-ring (bicyclic) bond motifs is 1. The van der Waals surface area contributed by atoms with Gasteiger partial charge in [-0.05, 0) is 37.6 Å². The molecule has 0 fully saturated rings. The van der Waals surface area contributed by atoms with Gasteiger partial charge in [-0.25, -0.2) is 19.7 Å². The van der Waals surface area contributed by atoms with Crippen LogP contribution in [0.1, 0.15) is 34.7 Å². The molecule has 2 aromatic heterocycles. The fourth-order valence-corrected chi connectivity index (χ4v) is 2.85. The Hall–Kier alpha value is -4.35. The summed E-state index contributed by atoms with van der Waals surface area (Å²) < 4.78 is 0. The van der Waals surface area contributed by atoms with E-state index < -0.39 is 23.9 Å². The van der Waals surface area contributed by atoms with E-state index in [9.17, 15) is 19.2 Å². The Kier molecular flexibility index (Phi) is 6.73. The number of carboxylic acid groups (broad SMARTS) is 2. The maximum atomic E-state index is 12.3. The summed E-state index contributed by atoms with van der Waals surface area (Å²) in [5, 5.41) is 23.2. The molecule has 1 aromatic carbocycles. The van der Waals surface area contributed by atoms with Crippen LogP contribution in [-0.2, 0) is 16.1 Å². The molecule has 1 atom stereocenters. The van der Waals surface area contributed by atoms with Crippen LogP contribution in [0.25, 0.3) is 11.2 Å². The van der Waals surface area contributed by atoms with Gasteiger partial charge in [-0.15, -0.1) is 0 Å². The van der Waals surface area contributed by atoms with Crippen LogP contribution in [0.3, 0.4) is 0 Å². The summed E-state index contributed by atoms with van der Waals surface area (Å²) in [6.07, 6.45) is 0.909. The number of amides is 1. The molecule has 0 spiro atoms. The minimum absolute atomic E-state index is 0.137. The average Bonchev–Trinajstić information content (AvgIpc) is 2.75. The Morgan fingerprint density at radius 1 is 1.12 bits per heavy atom. The molecule has 0 saturated carbocycles. The molecule has 12 heteroatoms. The van der Waals surface area contributed by atoms with Gasteiger partial charge in [-0.3, -0.25) is 14.4 Å². The van der Waals surface area contributed by atoms with Crippen molar-refractivity contribution >= 4 is 34.7 Å². The number of carbonyl (C=O) groups is 3. The summed E-state index contributed by atoms with van der Waals surface area (Å²) in [5.41, 5.74) is 1.40. The number of anilines is 1. The van der Waals surface area contributed by atoms with E-state index in [4.69, 9.17) is 10.2 Å². The van der Waals surface area contributed by atoms with E-state index in [1.54, 1.807) is 19.1 Å². The largest absolute Gasteiger partial charge is 0.481 e. The molecule has 1 unspecified atom stereocenters. The zero-order chi connectivity index (χ0) is 23.3. The number of benzene rings is 1. The van der Waals surface area contributed by atoms with E-state index in [1.165, 1.54) is 18.3 Å². The number of nitrogens with one attached hydrogen (secondary N) is 3. The molecule has 166 valence electrons. The van der Waals surface area contributed by atoms with Crippen molar-refractivity contribution in [2.75, 3.05) is 5.32 Å². The van der Waals surface area contributed by atoms with Crippen molar-refractivity contribution in [2.24, 2.45) is 0 Å². The number of aliphatic carboxylic acids is 2. The zero-order valence-electron chi connectivity index (χ0n) is 17.0. The molecule has 0 saturated heterocycles. The van der Waals surface area contributed by atoms with Gasteiger partial charge in [0, 0.05) is 17.7 Å². The molecule has 0 aliphatic carbocycles. The van der Waals surface area contributed by atoms with Crippen molar-refractivity contribution in [3.63, 3.8) is 0 Å². The zero-order valence-corrected chi connectivity index (χ0v) is 17.0. The smallest absolute Gasteiger partial charge is 0.326 e. The second-order valence-corrected chi connectivity index (χ2v) is 6.91. The maximum absolute atomic E-state index is 12.3. The molecule has 32 heavy (non-hydrogen) atoms. The fraction of sp³-hybridized carbons (Fsp3) is 0.250. The van der Waals surface area contributed by atoms with Gasteiger partial charge in [0.15, 0.2) is 11.2 Å².